The fraction of sp³-hybridized carbons (Fsp3) is 0.444. The third-order valence-corrected chi connectivity index (χ3v) is 4.52. The van der Waals surface area contributed by atoms with Gasteiger partial charge in [-0.05, 0) is 18.2 Å². The van der Waals surface area contributed by atoms with Gasteiger partial charge in [-0.2, -0.15) is 5.10 Å². The van der Waals surface area contributed by atoms with Crippen LogP contribution in [0.25, 0.3) is 0 Å². The second-order valence-electron chi connectivity index (χ2n) is 6.67. The highest BCUT2D eigenvalue weighted by atomic mass is 16.5. The van der Waals surface area contributed by atoms with E-state index in [2.05, 4.69) is 15.4 Å². The highest BCUT2D eigenvalue weighted by Crippen LogP contribution is 2.34. The Hall–Kier alpha value is -3.10. The molecule has 0 radical (unpaired) electrons. The van der Waals surface area contributed by atoms with Crippen LogP contribution in [-0.2, 0) is 11.3 Å². The molecule has 0 spiro atoms. The Morgan fingerprint density at radius 1 is 1.37 bits per heavy atom. The fourth-order valence-electron chi connectivity index (χ4n) is 2.94. The first-order valence-electron chi connectivity index (χ1n) is 8.76. The summed E-state index contributed by atoms with van der Waals surface area (Å²) < 4.78 is 7.46. The molecule has 2 amide bonds. The minimum absolute atomic E-state index is 0.0560. The summed E-state index contributed by atoms with van der Waals surface area (Å²) in [4.78, 5) is 31.9. The number of amides is 2. The van der Waals surface area contributed by atoms with Gasteiger partial charge in [0, 0.05) is 33.3 Å². The average molecular weight is 372 g/mol. The molecule has 2 aromatic rings. The van der Waals surface area contributed by atoms with Gasteiger partial charge in [-0.1, -0.05) is 0 Å². The van der Waals surface area contributed by atoms with E-state index >= 15 is 0 Å². The molecule has 0 aliphatic carbocycles. The van der Waals surface area contributed by atoms with Gasteiger partial charge in [-0.25, -0.2) is 4.98 Å². The third kappa shape index (κ3) is 4.36. The molecule has 1 atom stereocenters. The van der Waals surface area contributed by atoms with Gasteiger partial charge in [0.05, 0.1) is 24.7 Å². The Morgan fingerprint density at radius 3 is 2.89 bits per heavy atom. The van der Waals surface area contributed by atoms with Crippen LogP contribution in [0.3, 0.4) is 0 Å². The molecule has 0 saturated heterocycles. The zero-order valence-corrected chi connectivity index (χ0v) is 15.8. The number of benzene rings is 1. The van der Waals surface area contributed by atoms with Crippen LogP contribution in [0.5, 0.6) is 5.75 Å². The van der Waals surface area contributed by atoms with Crippen molar-refractivity contribution in [2.24, 2.45) is 0 Å². The standard InChI is InChI=1S/C18H24N6O3/c1-22(2)18(26)13-4-5-16-15(8-13)23(3)14(10-27-16)9-17(25)20-6-7-24-12-19-11-21-24/h4-5,8,11-12,14H,6-7,9-10H2,1-3H3,(H,20,25)/t14-/m1/s1. The molecule has 9 heteroatoms. The molecular weight excluding hydrogens is 348 g/mol. The molecule has 1 aliphatic heterocycles. The highest BCUT2D eigenvalue weighted by molar-refractivity contribution is 5.95. The van der Waals surface area contributed by atoms with Gasteiger partial charge in [0.1, 0.15) is 25.0 Å². The molecule has 1 aromatic carbocycles. The first-order chi connectivity index (χ1) is 13.0. The van der Waals surface area contributed by atoms with Crippen molar-refractivity contribution in [2.75, 3.05) is 39.2 Å². The minimum atomic E-state index is -0.103. The van der Waals surface area contributed by atoms with E-state index in [1.807, 2.05) is 18.0 Å². The van der Waals surface area contributed by atoms with Crippen molar-refractivity contribution in [2.45, 2.75) is 19.0 Å². The number of ether oxygens (including phenoxy) is 1. The summed E-state index contributed by atoms with van der Waals surface area (Å²) in [5.41, 5.74) is 1.40. The van der Waals surface area contributed by atoms with Crippen molar-refractivity contribution in [1.82, 2.24) is 25.0 Å². The Labute approximate surface area is 157 Å². The third-order valence-electron chi connectivity index (χ3n) is 4.52. The number of likely N-dealkylation sites (N-methyl/N-ethyl adjacent to an activating group) is 1. The number of carbonyl (C=O) groups is 2. The van der Waals surface area contributed by atoms with E-state index in [4.69, 9.17) is 4.74 Å². The molecular formula is C18H24N6O3. The first kappa shape index (κ1) is 18.7. The first-order valence-corrected chi connectivity index (χ1v) is 8.76. The second kappa shape index (κ2) is 8.07. The number of aromatic nitrogens is 3. The van der Waals surface area contributed by atoms with Gasteiger partial charge in [0.15, 0.2) is 0 Å². The topological polar surface area (TPSA) is 92.6 Å². The highest BCUT2D eigenvalue weighted by Gasteiger charge is 2.27. The van der Waals surface area contributed by atoms with Crippen LogP contribution < -0.4 is 15.0 Å². The number of rotatable bonds is 6. The molecule has 0 bridgehead atoms. The summed E-state index contributed by atoms with van der Waals surface area (Å²) in [5.74, 6) is 0.592. The molecule has 0 saturated carbocycles. The maximum absolute atomic E-state index is 12.3. The zero-order chi connectivity index (χ0) is 19.4. The van der Waals surface area contributed by atoms with Crippen LogP contribution in [0.1, 0.15) is 16.8 Å². The van der Waals surface area contributed by atoms with E-state index in [1.54, 1.807) is 37.2 Å². The predicted octanol–water partition coefficient (Wildman–Crippen LogP) is 0.384. The number of anilines is 1. The normalized spacial score (nSPS) is 15.7. The minimum Gasteiger partial charge on any atom is -0.489 e. The SMILES string of the molecule is CN(C)C(=O)c1ccc2c(c1)N(C)[C@H](CC(=O)NCCn1cncn1)CO2. The summed E-state index contributed by atoms with van der Waals surface area (Å²) >= 11 is 0. The second-order valence-corrected chi connectivity index (χ2v) is 6.67. The number of hydrogen-bond donors (Lipinski definition) is 1. The van der Waals surface area contributed by atoms with E-state index in [0.717, 1.165) is 11.4 Å². The Kier molecular flexibility index (Phi) is 5.58. The molecule has 3 rings (SSSR count). The van der Waals surface area contributed by atoms with Crippen molar-refractivity contribution in [3.8, 4) is 5.75 Å². The molecule has 1 aromatic heterocycles. The van der Waals surface area contributed by atoms with Gasteiger partial charge in [-0.3, -0.25) is 14.3 Å². The molecule has 2 heterocycles. The molecule has 0 unspecified atom stereocenters. The van der Waals surface area contributed by atoms with E-state index < -0.39 is 0 Å². The van der Waals surface area contributed by atoms with Crippen LogP contribution in [-0.4, -0.2) is 71.8 Å². The van der Waals surface area contributed by atoms with Crippen LogP contribution in [0.4, 0.5) is 5.69 Å². The van der Waals surface area contributed by atoms with Crippen molar-refractivity contribution < 1.29 is 14.3 Å². The number of fused-ring (bicyclic) bond motifs is 1. The van der Waals surface area contributed by atoms with Gasteiger partial charge >= 0.3 is 0 Å². The number of nitrogens with one attached hydrogen (secondary N) is 1. The van der Waals surface area contributed by atoms with Crippen molar-refractivity contribution in [3.05, 3.63) is 36.4 Å². The zero-order valence-electron chi connectivity index (χ0n) is 15.8. The number of hydrogen-bond acceptors (Lipinski definition) is 6. The van der Waals surface area contributed by atoms with Gasteiger partial charge in [0.25, 0.3) is 5.91 Å². The largest absolute Gasteiger partial charge is 0.489 e. The quantitative estimate of drug-likeness (QED) is 0.788. The summed E-state index contributed by atoms with van der Waals surface area (Å²) in [6.45, 7) is 1.47. The summed E-state index contributed by atoms with van der Waals surface area (Å²) in [7, 11) is 5.35. The van der Waals surface area contributed by atoms with Crippen LogP contribution in [0.2, 0.25) is 0 Å². The van der Waals surface area contributed by atoms with Crippen LogP contribution in [0, 0.1) is 0 Å². The Morgan fingerprint density at radius 2 is 2.19 bits per heavy atom. The molecule has 9 nitrogen and oxygen atoms in total. The van der Waals surface area contributed by atoms with E-state index in [0.29, 0.717) is 31.7 Å². The lowest BCUT2D eigenvalue weighted by atomic mass is 10.1. The Bertz CT molecular complexity index is 805. The van der Waals surface area contributed by atoms with E-state index in [1.165, 1.54) is 11.2 Å². The van der Waals surface area contributed by atoms with E-state index in [9.17, 15) is 9.59 Å². The summed E-state index contributed by atoms with van der Waals surface area (Å²) in [6, 6.07) is 5.27. The fourth-order valence-corrected chi connectivity index (χ4v) is 2.94. The van der Waals surface area contributed by atoms with Crippen LogP contribution in [0.15, 0.2) is 30.9 Å². The molecule has 144 valence electrons. The average Bonchev–Trinajstić information content (AvgIpc) is 3.16. The molecule has 0 fully saturated rings. The lowest BCUT2D eigenvalue weighted by Gasteiger charge is -2.35. The van der Waals surface area contributed by atoms with Gasteiger partial charge in [-0.15, -0.1) is 0 Å². The molecule has 1 N–H and O–H groups in total. The predicted molar refractivity (Wildman–Crippen MR) is 99.8 cm³/mol. The summed E-state index contributed by atoms with van der Waals surface area (Å²) in [6.07, 6.45) is 3.38. The Balaban J connectivity index is 1.60. The smallest absolute Gasteiger partial charge is 0.253 e. The number of nitrogens with zero attached hydrogens (tertiary/aromatic N) is 5. The van der Waals surface area contributed by atoms with Gasteiger partial charge < -0.3 is 19.9 Å². The van der Waals surface area contributed by atoms with Crippen molar-refractivity contribution in [3.63, 3.8) is 0 Å². The van der Waals surface area contributed by atoms with Crippen molar-refractivity contribution >= 4 is 17.5 Å². The van der Waals surface area contributed by atoms with Gasteiger partial charge in [0.2, 0.25) is 5.91 Å². The molecule has 1 aliphatic rings. The van der Waals surface area contributed by atoms with E-state index in [-0.39, 0.29) is 17.9 Å². The lowest BCUT2D eigenvalue weighted by molar-refractivity contribution is -0.121. The van der Waals surface area contributed by atoms with Crippen molar-refractivity contribution in [1.29, 1.82) is 0 Å². The van der Waals surface area contributed by atoms with Crippen LogP contribution >= 0.6 is 0 Å². The lowest BCUT2D eigenvalue weighted by Crippen LogP contribution is -2.44. The summed E-state index contributed by atoms with van der Waals surface area (Å²) in [5, 5.41) is 6.88. The monoisotopic (exact) mass is 372 g/mol. The number of carbonyl (C=O) groups excluding carboxylic acids is 2. The maximum atomic E-state index is 12.3. The molecule has 27 heavy (non-hydrogen) atoms. The maximum Gasteiger partial charge on any atom is 0.253 e.